The highest BCUT2D eigenvalue weighted by molar-refractivity contribution is 7.13. The molecule has 16 rings (SSSR count). The first-order valence-electron chi connectivity index (χ1n) is 33.8. The van der Waals surface area contributed by atoms with Crippen molar-refractivity contribution in [3.05, 3.63) is 156 Å². The fourth-order valence-electron chi connectivity index (χ4n) is 14.7. The van der Waals surface area contributed by atoms with E-state index in [4.69, 9.17) is 45.0 Å². The number of para-hydroxylation sites is 2. The molecule has 22 nitrogen and oxygen atoms in total. The third kappa shape index (κ3) is 12.8. The second-order valence-electron chi connectivity index (χ2n) is 26.4. The van der Waals surface area contributed by atoms with Crippen LogP contribution < -0.4 is 22.5 Å². The number of anilines is 3. The number of aromatic nitrogens is 12. The summed E-state index contributed by atoms with van der Waals surface area (Å²) >= 11 is 1.74. The van der Waals surface area contributed by atoms with E-state index in [1.807, 2.05) is 56.6 Å². The number of H-pyrrole nitrogens is 3. The summed E-state index contributed by atoms with van der Waals surface area (Å²) < 4.78 is 20.7. The normalized spacial score (nSPS) is 16.2. The Labute approximate surface area is 580 Å². The van der Waals surface area contributed by atoms with Gasteiger partial charge in [-0.25, -0.2) is 39.1 Å². The quantitative estimate of drug-likeness (QED) is 0.0561. The van der Waals surface area contributed by atoms with Crippen LogP contribution in [-0.2, 0) is 9.59 Å². The Morgan fingerprint density at radius 3 is 1.64 bits per heavy atom. The van der Waals surface area contributed by atoms with E-state index in [0.717, 1.165) is 156 Å². The average molecular weight is 1360 g/mol. The maximum absolute atomic E-state index is 14.5. The summed E-state index contributed by atoms with van der Waals surface area (Å²) in [6, 6.07) is 25.4. The number of terminal acetylenes is 2. The van der Waals surface area contributed by atoms with E-state index < -0.39 is 0 Å². The number of likely N-dealkylation sites (tertiary alicyclic amines) is 2. The number of aromatic amines is 3. The number of fused-ring (bicyclic) bond motifs is 6. The number of ketones is 1. The minimum atomic E-state index is -0.348. The molecule has 0 atom stereocenters. The number of carbonyl (C=O) groups excluding carboxylic acids is 3. The topological polar surface area (TPSA) is 289 Å². The summed E-state index contributed by atoms with van der Waals surface area (Å²) in [7, 11) is 3.56. The molecule has 2 saturated heterocycles. The number of nitrogens with one attached hydrogen (secondary N) is 4. The first kappa shape index (κ1) is 65.9. The summed E-state index contributed by atoms with van der Waals surface area (Å²) in [5.41, 5.74) is 31.2. The zero-order valence-corrected chi connectivity index (χ0v) is 57.0. The molecule has 100 heavy (non-hydrogen) atoms. The molecular formula is C76H78FN19O3S. The number of urea groups is 1. The summed E-state index contributed by atoms with van der Waals surface area (Å²) in [6.07, 6.45) is 30.5. The van der Waals surface area contributed by atoms with Crippen molar-refractivity contribution in [2.24, 2.45) is 5.92 Å². The lowest BCUT2D eigenvalue weighted by molar-refractivity contribution is -0.119. The predicted molar refractivity (Wildman–Crippen MR) is 393 cm³/mol. The minimum Gasteiger partial charge on any atom is -0.382 e. The molecule has 3 aliphatic rings. The Balaban J connectivity index is 0.000000128. The number of halogens is 1. The largest absolute Gasteiger partial charge is 0.382 e. The average Bonchev–Trinajstić information content (AvgIpc) is 1.61. The molecule has 2 aliphatic heterocycles. The van der Waals surface area contributed by atoms with Crippen LogP contribution in [0.25, 0.3) is 93.9 Å². The number of nitrogens with two attached hydrogens (primary N) is 3. The van der Waals surface area contributed by atoms with Gasteiger partial charge >= 0.3 is 6.03 Å². The van der Waals surface area contributed by atoms with Crippen molar-refractivity contribution in [1.29, 1.82) is 0 Å². The summed E-state index contributed by atoms with van der Waals surface area (Å²) in [6.45, 7) is 7.98. The molecule has 0 bridgehead atoms. The molecule has 12 heterocycles. The Morgan fingerprint density at radius 2 is 1.12 bits per heavy atom. The third-order valence-electron chi connectivity index (χ3n) is 19.8. The van der Waals surface area contributed by atoms with Gasteiger partial charge in [-0.15, -0.1) is 24.2 Å². The number of piperidine rings is 2. The minimum absolute atomic E-state index is 0.0413. The van der Waals surface area contributed by atoms with Crippen molar-refractivity contribution in [2.75, 3.05) is 70.6 Å². The number of hydrogen-bond acceptors (Lipinski definition) is 14. The molecule has 13 aromatic rings. The second kappa shape index (κ2) is 27.9. The standard InChI is InChI=1S/C27H28N6OS.C25H25FN6O.C24H25N7O/c1-16(34)30-15-17-7-9-18(10-8-17)27-32-24(25-26(28)29-11-12-33(25)27)21-14-19-4-2-5-20(23(19)31-21)22-6-3-13-35-22;1-3-16-4-5-19(26)18-14-20(29-21(16)18)22-23-24(27)28-9-13-32(23)25(30-22)17-7-11-31(12-8-17)10-6-15(2)33;1-4-15-6-5-7-17-14-18(27-19(15)17)20-21-22(25)26-10-13-31(21)23(28-20)16-8-11-30(12-9-16)24(32)29(2)3/h2-6,11-14,17-18,31H,7-10,15H2,1H3,(H2,28,29)(H,30,34);1,4-5,9,13-14,17,29H,6-8,10-12H2,2H3,(H2,27,28);1,5-7,10,13-14,16,27H,8-9,11-12H2,2-3H3,(H2,25,26). The molecule has 0 spiro atoms. The molecule has 10 aromatic heterocycles. The molecule has 508 valence electrons. The SMILES string of the molecule is C#Cc1ccc(F)c2cc(-c3nc(C4CCN(CCC(C)=O)CC4)n4ccnc(N)c34)[nH]c12.C#Cc1cccc2cc(-c3nc(C4CCN(C(=O)N(C)C)CC4)n4ccnc(N)c34)[nH]c12.CC(=O)NCC1CCC(c2nc(-c3cc4cccc(-c5cccs5)c4[nH]3)c3c(N)nccn23)CC1. The molecule has 1 aliphatic carbocycles. The maximum atomic E-state index is 14.5. The first-order valence-corrected chi connectivity index (χ1v) is 34.7. The van der Waals surface area contributed by atoms with Gasteiger partial charge in [0.15, 0.2) is 0 Å². The Hall–Kier alpha value is -11.3. The first-order chi connectivity index (χ1) is 48.5. The highest BCUT2D eigenvalue weighted by Gasteiger charge is 2.32. The van der Waals surface area contributed by atoms with Gasteiger partial charge < -0.3 is 52.2 Å². The maximum Gasteiger partial charge on any atom is 0.319 e. The molecule has 0 unspecified atom stereocenters. The van der Waals surface area contributed by atoms with Crippen LogP contribution in [0.2, 0.25) is 0 Å². The van der Waals surface area contributed by atoms with E-state index in [2.05, 4.69) is 98.1 Å². The van der Waals surface area contributed by atoms with Crippen molar-refractivity contribution in [2.45, 2.75) is 89.4 Å². The Kier molecular flexibility index (Phi) is 18.4. The lowest BCUT2D eigenvalue weighted by atomic mass is 9.81. The number of carbonyl (C=O) groups is 3. The number of nitrogens with zero attached hydrogens (tertiary/aromatic N) is 12. The van der Waals surface area contributed by atoms with E-state index in [1.54, 1.807) is 74.9 Å². The molecule has 3 amide bonds. The predicted octanol–water partition coefficient (Wildman–Crippen LogP) is 12.6. The van der Waals surface area contributed by atoms with Gasteiger partial charge in [0.2, 0.25) is 5.91 Å². The van der Waals surface area contributed by atoms with E-state index >= 15 is 0 Å². The van der Waals surface area contributed by atoms with E-state index in [-0.39, 0.29) is 35.4 Å². The van der Waals surface area contributed by atoms with Gasteiger partial charge in [0, 0.05) is 146 Å². The van der Waals surface area contributed by atoms with Crippen LogP contribution in [0.15, 0.2) is 121 Å². The molecule has 3 aromatic carbocycles. The van der Waals surface area contributed by atoms with Gasteiger partial charge in [0.1, 0.15) is 80.2 Å². The van der Waals surface area contributed by atoms with Crippen LogP contribution >= 0.6 is 11.3 Å². The number of imidazole rings is 3. The van der Waals surface area contributed by atoms with Gasteiger partial charge in [-0.05, 0) is 125 Å². The van der Waals surface area contributed by atoms with Gasteiger partial charge in [-0.3, -0.25) is 22.8 Å². The molecule has 0 radical (unpaired) electrons. The van der Waals surface area contributed by atoms with Crippen molar-refractivity contribution in [3.8, 4) is 69.3 Å². The molecule has 1 saturated carbocycles. The van der Waals surface area contributed by atoms with E-state index in [0.29, 0.717) is 82.2 Å². The number of thiophene rings is 1. The fourth-order valence-corrected chi connectivity index (χ4v) is 15.5. The van der Waals surface area contributed by atoms with Crippen LogP contribution in [0, 0.1) is 36.4 Å². The monoisotopic (exact) mass is 1360 g/mol. The number of rotatable bonds is 12. The van der Waals surface area contributed by atoms with Gasteiger partial charge in [0.25, 0.3) is 0 Å². The van der Waals surface area contributed by atoms with Crippen molar-refractivity contribution in [3.63, 3.8) is 0 Å². The lowest BCUT2D eigenvalue weighted by Crippen LogP contribution is -2.43. The fraction of sp³-hybridized carbons (Fsp3) is 0.303. The second-order valence-corrected chi connectivity index (χ2v) is 27.4. The van der Waals surface area contributed by atoms with E-state index in [9.17, 15) is 18.8 Å². The van der Waals surface area contributed by atoms with E-state index in [1.165, 1.54) is 16.5 Å². The van der Waals surface area contributed by atoms with Gasteiger partial charge in [0.05, 0.1) is 33.6 Å². The lowest BCUT2D eigenvalue weighted by Gasteiger charge is -2.33. The van der Waals surface area contributed by atoms with Gasteiger partial charge in [-0.2, -0.15) is 0 Å². The van der Waals surface area contributed by atoms with Crippen LogP contribution in [0.4, 0.5) is 26.6 Å². The smallest absolute Gasteiger partial charge is 0.319 e. The zero-order chi connectivity index (χ0) is 69.5. The van der Waals surface area contributed by atoms with Gasteiger partial charge in [-0.1, -0.05) is 48.2 Å². The molecule has 3 fully saturated rings. The number of benzene rings is 3. The zero-order valence-electron chi connectivity index (χ0n) is 56.2. The summed E-state index contributed by atoms with van der Waals surface area (Å²) in [4.78, 5) is 80.5. The third-order valence-corrected chi connectivity index (χ3v) is 20.7. The number of hydrogen-bond donors (Lipinski definition) is 7. The Bertz CT molecular complexity index is 5320. The Morgan fingerprint density at radius 1 is 0.620 bits per heavy atom. The van der Waals surface area contributed by atoms with Crippen molar-refractivity contribution < 1.29 is 18.8 Å². The highest BCUT2D eigenvalue weighted by atomic mass is 32.1. The summed E-state index contributed by atoms with van der Waals surface area (Å²) in [5, 5.41) is 7.67. The summed E-state index contributed by atoms with van der Waals surface area (Å²) in [5.74, 6) is 10.7. The highest BCUT2D eigenvalue weighted by Crippen LogP contribution is 2.42. The van der Waals surface area contributed by atoms with Crippen LogP contribution in [0.3, 0.4) is 0 Å². The number of amides is 3. The molecule has 24 heteroatoms. The van der Waals surface area contributed by atoms with Crippen LogP contribution in [0.5, 0.6) is 0 Å². The van der Waals surface area contributed by atoms with Crippen LogP contribution in [-0.4, -0.2) is 144 Å². The molecule has 10 N–H and O–H groups in total. The van der Waals surface area contributed by atoms with Crippen molar-refractivity contribution in [1.82, 2.24) is 78.1 Å². The number of nitrogen functional groups attached to an aromatic ring is 3. The van der Waals surface area contributed by atoms with Crippen molar-refractivity contribution >= 4 is 95.8 Å². The molecular weight excluding hydrogens is 1280 g/mol. The number of Topliss-reactive ketones (excluding diaryl/α,β-unsaturated/α-hetero) is 1. The van der Waals surface area contributed by atoms with Crippen LogP contribution in [0.1, 0.15) is 118 Å².